The highest BCUT2D eigenvalue weighted by Crippen LogP contribution is 2.58. The molecule has 2 N–H and O–H groups in total. The summed E-state index contributed by atoms with van der Waals surface area (Å²) in [6, 6.07) is 0.114. The van der Waals surface area contributed by atoms with E-state index in [-0.39, 0.29) is 30.3 Å². The van der Waals surface area contributed by atoms with Crippen molar-refractivity contribution in [3.8, 4) is 0 Å². The maximum Gasteiger partial charge on any atom is 0.312 e. The van der Waals surface area contributed by atoms with Gasteiger partial charge in [0.2, 0.25) is 0 Å². The minimum absolute atomic E-state index is 0.114. The summed E-state index contributed by atoms with van der Waals surface area (Å²) in [4.78, 5) is 23.5. The van der Waals surface area contributed by atoms with Crippen molar-refractivity contribution in [1.29, 1.82) is 0 Å². The first-order valence-corrected chi connectivity index (χ1v) is 7.50. The quantitative estimate of drug-likeness (QED) is 0.811. The van der Waals surface area contributed by atoms with E-state index in [2.05, 4.69) is 5.32 Å². The highest BCUT2D eigenvalue weighted by atomic mass is 16.5. The van der Waals surface area contributed by atoms with Gasteiger partial charge in [-0.2, -0.15) is 0 Å². The summed E-state index contributed by atoms with van der Waals surface area (Å²) in [5.41, 5.74) is -1.88. The lowest BCUT2D eigenvalue weighted by Gasteiger charge is -2.44. The Hall–Kier alpha value is -1.14. The Morgan fingerprint density at radius 3 is 2.38 bits per heavy atom. The van der Waals surface area contributed by atoms with Gasteiger partial charge in [0.25, 0.3) is 5.91 Å². The molecule has 2 saturated carbocycles. The van der Waals surface area contributed by atoms with E-state index >= 15 is 0 Å². The van der Waals surface area contributed by atoms with Crippen molar-refractivity contribution < 1.29 is 24.2 Å². The number of carboxylic acids is 1. The van der Waals surface area contributed by atoms with Crippen LogP contribution < -0.4 is 5.32 Å². The summed E-state index contributed by atoms with van der Waals surface area (Å²) in [6.45, 7) is 6.20. The molecule has 118 valence electrons. The number of aliphatic carboxylic acids is 1. The van der Waals surface area contributed by atoms with Crippen LogP contribution in [0.1, 0.15) is 46.5 Å². The number of rotatable bonds is 4. The molecular formula is C15H23NO5. The molecule has 0 spiro atoms. The molecule has 1 amide bonds. The maximum atomic E-state index is 12.3. The number of amides is 1. The number of carbonyl (C=O) groups is 2. The molecule has 4 fully saturated rings. The van der Waals surface area contributed by atoms with Crippen molar-refractivity contribution in [2.75, 3.05) is 6.61 Å². The fourth-order valence-electron chi connectivity index (χ4n) is 3.56. The monoisotopic (exact) mass is 297 g/mol. The average molecular weight is 297 g/mol. The fraction of sp³-hybridized carbons (Fsp3) is 0.867. The number of nitrogens with one attached hydrogen (secondary N) is 1. The van der Waals surface area contributed by atoms with Crippen LogP contribution in [0.4, 0.5) is 0 Å². The van der Waals surface area contributed by atoms with Gasteiger partial charge in [0.05, 0.1) is 23.7 Å². The van der Waals surface area contributed by atoms with Gasteiger partial charge in [0.15, 0.2) is 0 Å². The molecule has 4 rings (SSSR count). The van der Waals surface area contributed by atoms with E-state index in [9.17, 15) is 9.59 Å². The van der Waals surface area contributed by atoms with Crippen LogP contribution in [0.3, 0.4) is 0 Å². The first kappa shape index (κ1) is 14.8. The van der Waals surface area contributed by atoms with Gasteiger partial charge < -0.3 is 19.9 Å². The molecule has 0 aromatic heterocycles. The molecule has 2 heterocycles. The Bertz CT molecular complexity index is 469. The van der Waals surface area contributed by atoms with Crippen LogP contribution in [0, 0.1) is 5.41 Å². The molecule has 0 aromatic carbocycles. The zero-order valence-corrected chi connectivity index (χ0v) is 12.8. The van der Waals surface area contributed by atoms with Gasteiger partial charge in [-0.15, -0.1) is 0 Å². The molecule has 4 aliphatic rings. The van der Waals surface area contributed by atoms with E-state index in [1.54, 1.807) is 0 Å². The van der Waals surface area contributed by atoms with Crippen LogP contribution in [0.2, 0.25) is 0 Å². The van der Waals surface area contributed by atoms with Crippen molar-refractivity contribution >= 4 is 11.9 Å². The van der Waals surface area contributed by atoms with Gasteiger partial charge in [0, 0.05) is 18.9 Å². The molecule has 6 heteroatoms. The standard InChI is InChI=1S/C15H23NO5/c1-13(2,3)21-10-4-9(5-10)16-11(17)15-6-14(7-15,8-20-15)12(18)19/h9-10H,4-8H2,1-3H3,(H,16,17)(H,18,19). The molecule has 2 aliphatic carbocycles. The highest BCUT2D eigenvalue weighted by molar-refractivity contribution is 5.92. The summed E-state index contributed by atoms with van der Waals surface area (Å²) in [6.07, 6.45) is 2.41. The Labute approximate surface area is 124 Å². The molecule has 2 aliphatic heterocycles. The molecular weight excluding hydrogens is 274 g/mol. The predicted octanol–water partition coefficient (Wildman–Crippen LogP) is 1.08. The number of ether oxygens (including phenoxy) is 2. The van der Waals surface area contributed by atoms with E-state index in [0.717, 1.165) is 12.8 Å². The summed E-state index contributed by atoms with van der Waals surface area (Å²) >= 11 is 0. The number of hydrogen-bond donors (Lipinski definition) is 2. The van der Waals surface area contributed by atoms with Crippen LogP contribution in [0.25, 0.3) is 0 Å². The van der Waals surface area contributed by atoms with Gasteiger partial charge in [-0.05, 0) is 33.6 Å². The molecule has 21 heavy (non-hydrogen) atoms. The molecule has 0 unspecified atom stereocenters. The predicted molar refractivity (Wildman–Crippen MR) is 73.8 cm³/mol. The third kappa shape index (κ3) is 2.44. The second-order valence-corrected chi connectivity index (χ2v) is 7.72. The van der Waals surface area contributed by atoms with Gasteiger partial charge in [-0.25, -0.2) is 0 Å². The third-order valence-corrected chi connectivity index (χ3v) is 4.69. The second kappa shape index (κ2) is 4.43. The topological polar surface area (TPSA) is 84.9 Å². The summed E-state index contributed by atoms with van der Waals surface area (Å²) in [5, 5.41) is 12.1. The van der Waals surface area contributed by atoms with E-state index in [4.69, 9.17) is 14.6 Å². The maximum absolute atomic E-state index is 12.3. The SMILES string of the molecule is CC(C)(C)OC1CC(NC(=O)C23CC(C(=O)O)(CO2)C3)C1. The lowest BCUT2D eigenvalue weighted by Crippen LogP contribution is -2.60. The largest absolute Gasteiger partial charge is 0.481 e. The summed E-state index contributed by atoms with van der Waals surface area (Å²) in [7, 11) is 0. The van der Waals surface area contributed by atoms with Crippen molar-refractivity contribution in [1.82, 2.24) is 5.32 Å². The van der Waals surface area contributed by atoms with Gasteiger partial charge in [-0.3, -0.25) is 9.59 Å². The summed E-state index contributed by atoms with van der Waals surface area (Å²) < 4.78 is 11.3. The van der Waals surface area contributed by atoms with Crippen LogP contribution in [0.15, 0.2) is 0 Å². The fourth-order valence-corrected chi connectivity index (χ4v) is 3.56. The zero-order chi connectivity index (χ0) is 15.5. The Kier molecular flexibility index (Phi) is 3.12. The second-order valence-electron chi connectivity index (χ2n) is 7.72. The van der Waals surface area contributed by atoms with Crippen LogP contribution in [0.5, 0.6) is 0 Å². The molecule has 0 atom stereocenters. The molecule has 0 aromatic rings. The molecule has 0 radical (unpaired) electrons. The van der Waals surface area contributed by atoms with E-state index in [1.165, 1.54) is 0 Å². The first-order valence-electron chi connectivity index (χ1n) is 7.50. The van der Waals surface area contributed by atoms with Gasteiger partial charge >= 0.3 is 5.97 Å². The average Bonchev–Trinajstić information content (AvgIpc) is 2.80. The Morgan fingerprint density at radius 2 is 1.90 bits per heavy atom. The first-order chi connectivity index (χ1) is 9.64. The molecule has 6 nitrogen and oxygen atoms in total. The van der Waals surface area contributed by atoms with Crippen molar-refractivity contribution in [2.45, 2.75) is 69.8 Å². The lowest BCUT2D eigenvalue weighted by molar-refractivity contribution is -0.160. The zero-order valence-electron chi connectivity index (χ0n) is 12.8. The number of carbonyl (C=O) groups excluding carboxylic acids is 1. The molecule has 2 saturated heterocycles. The summed E-state index contributed by atoms with van der Waals surface area (Å²) in [5.74, 6) is -1.01. The van der Waals surface area contributed by atoms with Gasteiger partial charge in [0.1, 0.15) is 5.60 Å². The van der Waals surface area contributed by atoms with E-state index in [0.29, 0.717) is 12.8 Å². The lowest BCUT2D eigenvalue weighted by atomic mass is 9.62. The third-order valence-electron chi connectivity index (χ3n) is 4.69. The van der Waals surface area contributed by atoms with Crippen LogP contribution in [-0.4, -0.2) is 46.9 Å². The van der Waals surface area contributed by atoms with Crippen molar-refractivity contribution in [2.24, 2.45) is 5.41 Å². The molecule has 2 bridgehead atoms. The van der Waals surface area contributed by atoms with Crippen LogP contribution in [-0.2, 0) is 19.1 Å². The van der Waals surface area contributed by atoms with Crippen molar-refractivity contribution in [3.05, 3.63) is 0 Å². The van der Waals surface area contributed by atoms with E-state index in [1.807, 2.05) is 20.8 Å². The highest BCUT2D eigenvalue weighted by Gasteiger charge is 2.70. The normalized spacial score (nSPS) is 41.1. The Balaban J connectivity index is 1.47. The number of hydrogen-bond acceptors (Lipinski definition) is 4. The smallest absolute Gasteiger partial charge is 0.312 e. The number of fused-ring (bicyclic) bond motifs is 1. The Morgan fingerprint density at radius 1 is 1.29 bits per heavy atom. The van der Waals surface area contributed by atoms with Crippen LogP contribution >= 0.6 is 0 Å². The minimum Gasteiger partial charge on any atom is -0.481 e. The van der Waals surface area contributed by atoms with E-state index < -0.39 is 17.0 Å². The van der Waals surface area contributed by atoms with Gasteiger partial charge in [-0.1, -0.05) is 0 Å². The minimum atomic E-state index is -0.894. The number of carboxylic acid groups (broad SMARTS) is 1. The van der Waals surface area contributed by atoms with Crippen molar-refractivity contribution in [3.63, 3.8) is 0 Å².